The molecular formula is C13H18O3. The van der Waals surface area contributed by atoms with Crippen LogP contribution in [-0.2, 0) is 0 Å². The van der Waals surface area contributed by atoms with Crippen molar-refractivity contribution in [1.82, 2.24) is 0 Å². The van der Waals surface area contributed by atoms with Crippen LogP contribution in [0.5, 0.6) is 5.75 Å². The monoisotopic (exact) mass is 222 g/mol. The molecule has 0 bridgehead atoms. The molecule has 3 heteroatoms. The Balaban J connectivity index is 2.99. The standard InChI is InChI=1S/C13H18O3/c1-13(2,3)12(15)10-6-4-5-7-11(10)16-9-8-14/h4-7,14H,8-9H2,1-3H3. The van der Waals surface area contributed by atoms with Gasteiger partial charge in [-0.05, 0) is 12.1 Å². The second-order valence-corrected chi connectivity index (χ2v) is 4.65. The molecule has 0 atom stereocenters. The summed E-state index contributed by atoms with van der Waals surface area (Å²) in [4.78, 5) is 12.1. The van der Waals surface area contributed by atoms with Crippen LogP contribution in [0.2, 0.25) is 0 Å². The molecule has 0 spiro atoms. The first kappa shape index (κ1) is 12.7. The van der Waals surface area contributed by atoms with Gasteiger partial charge < -0.3 is 9.84 Å². The molecule has 0 aliphatic heterocycles. The summed E-state index contributed by atoms with van der Waals surface area (Å²) in [5.74, 6) is 0.581. The van der Waals surface area contributed by atoms with E-state index in [1.54, 1.807) is 12.1 Å². The fourth-order valence-electron chi connectivity index (χ4n) is 1.34. The predicted octanol–water partition coefficient (Wildman–Crippen LogP) is 2.29. The molecule has 16 heavy (non-hydrogen) atoms. The molecule has 1 rings (SSSR count). The molecule has 1 aromatic carbocycles. The minimum Gasteiger partial charge on any atom is -0.490 e. The van der Waals surface area contributed by atoms with Gasteiger partial charge in [-0.2, -0.15) is 0 Å². The normalized spacial score (nSPS) is 11.2. The summed E-state index contributed by atoms with van der Waals surface area (Å²) in [7, 11) is 0. The topological polar surface area (TPSA) is 46.5 Å². The number of hydrogen-bond donors (Lipinski definition) is 1. The lowest BCUT2D eigenvalue weighted by Crippen LogP contribution is -2.21. The van der Waals surface area contributed by atoms with Crippen LogP contribution in [0, 0.1) is 5.41 Å². The van der Waals surface area contributed by atoms with E-state index in [9.17, 15) is 4.79 Å². The zero-order valence-electron chi connectivity index (χ0n) is 9.99. The van der Waals surface area contributed by atoms with E-state index in [1.807, 2.05) is 32.9 Å². The highest BCUT2D eigenvalue weighted by molar-refractivity contribution is 6.02. The summed E-state index contributed by atoms with van der Waals surface area (Å²) in [6, 6.07) is 7.12. The first-order valence-corrected chi connectivity index (χ1v) is 5.34. The molecule has 0 unspecified atom stereocenters. The summed E-state index contributed by atoms with van der Waals surface area (Å²) in [5, 5.41) is 8.71. The van der Waals surface area contributed by atoms with Gasteiger partial charge in [0.1, 0.15) is 12.4 Å². The molecule has 3 nitrogen and oxygen atoms in total. The van der Waals surface area contributed by atoms with Gasteiger partial charge in [0.05, 0.1) is 12.2 Å². The maximum absolute atomic E-state index is 12.1. The number of aliphatic hydroxyl groups excluding tert-OH is 1. The molecular weight excluding hydrogens is 204 g/mol. The molecule has 0 fully saturated rings. The van der Waals surface area contributed by atoms with Crippen molar-refractivity contribution < 1.29 is 14.6 Å². The zero-order chi connectivity index (χ0) is 12.2. The third-order valence-corrected chi connectivity index (χ3v) is 2.16. The lowest BCUT2D eigenvalue weighted by atomic mass is 9.86. The van der Waals surface area contributed by atoms with Crippen molar-refractivity contribution in [1.29, 1.82) is 0 Å². The van der Waals surface area contributed by atoms with Crippen LogP contribution in [0.15, 0.2) is 24.3 Å². The molecule has 0 amide bonds. The van der Waals surface area contributed by atoms with Gasteiger partial charge in [0.25, 0.3) is 0 Å². The van der Waals surface area contributed by atoms with E-state index in [1.165, 1.54) is 0 Å². The van der Waals surface area contributed by atoms with Crippen molar-refractivity contribution >= 4 is 5.78 Å². The van der Waals surface area contributed by atoms with Crippen LogP contribution in [0.25, 0.3) is 0 Å². The Hall–Kier alpha value is -1.35. The smallest absolute Gasteiger partial charge is 0.171 e. The quantitative estimate of drug-likeness (QED) is 0.795. The van der Waals surface area contributed by atoms with E-state index >= 15 is 0 Å². The number of para-hydroxylation sites is 1. The van der Waals surface area contributed by atoms with E-state index in [0.717, 1.165) is 0 Å². The van der Waals surface area contributed by atoms with Gasteiger partial charge in [0.2, 0.25) is 0 Å². The van der Waals surface area contributed by atoms with Crippen molar-refractivity contribution in [2.75, 3.05) is 13.2 Å². The molecule has 0 saturated carbocycles. The highest BCUT2D eigenvalue weighted by Crippen LogP contribution is 2.27. The Morgan fingerprint density at radius 1 is 1.31 bits per heavy atom. The molecule has 1 N–H and O–H groups in total. The third kappa shape index (κ3) is 3.07. The van der Waals surface area contributed by atoms with Gasteiger partial charge in [-0.1, -0.05) is 32.9 Å². The summed E-state index contributed by atoms with van der Waals surface area (Å²) >= 11 is 0. The van der Waals surface area contributed by atoms with Crippen LogP contribution in [0.3, 0.4) is 0 Å². The molecule has 0 aliphatic carbocycles. The summed E-state index contributed by atoms with van der Waals surface area (Å²) in [6.07, 6.45) is 0. The fourth-order valence-corrected chi connectivity index (χ4v) is 1.34. The van der Waals surface area contributed by atoms with Gasteiger partial charge in [0.15, 0.2) is 5.78 Å². The van der Waals surface area contributed by atoms with Crippen molar-refractivity contribution in [2.45, 2.75) is 20.8 Å². The minimum absolute atomic E-state index is 0.0426. The number of Topliss-reactive ketones (excluding diaryl/α,β-unsaturated/α-hetero) is 1. The molecule has 0 heterocycles. The average molecular weight is 222 g/mol. The van der Waals surface area contributed by atoms with E-state index < -0.39 is 5.41 Å². The molecule has 0 aromatic heterocycles. The number of ether oxygens (including phenoxy) is 1. The Morgan fingerprint density at radius 3 is 2.50 bits per heavy atom. The zero-order valence-corrected chi connectivity index (χ0v) is 9.99. The van der Waals surface area contributed by atoms with Crippen LogP contribution in [0.1, 0.15) is 31.1 Å². The number of aliphatic hydroxyl groups is 1. The Kier molecular flexibility index (Phi) is 4.07. The van der Waals surface area contributed by atoms with Crippen LogP contribution in [0.4, 0.5) is 0 Å². The first-order valence-electron chi connectivity index (χ1n) is 5.34. The second-order valence-electron chi connectivity index (χ2n) is 4.65. The van der Waals surface area contributed by atoms with Crippen molar-refractivity contribution in [3.63, 3.8) is 0 Å². The van der Waals surface area contributed by atoms with Crippen LogP contribution >= 0.6 is 0 Å². The highest BCUT2D eigenvalue weighted by atomic mass is 16.5. The Bertz CT molecular complexity index is 364. The number of rotatable bonds is 4. The summed E-state index contributed by atoms with van der Waals surface area (Å²) in [5.41, 5.74) is 0.141. The highest BCUT2D eigenvalue weighted by Gasteiger charge is 2.25. The van der Waals surface area contributed by atoms with Crippen LogP contribution < -0.4 is 4.74 Å². The maximum atomic E-state index is 12.1. The van der Waals surface area contributed by atoms with Gasteiger partial charge in [-0.25, -0.2) is 0 Å². The average Bonchev–Trinajstić information content (AvgIpc) is 2.24. The van der Waals surface area contributed by atoms with Gasteiger partial charge >= 0.3 is 0 Å². The van der Waals surface area contributed by atoms with Crippen LogP contribution in [-0.4, -0.2) is 24.1 Å². The van der Waals surface area contributed by atoms with Gasteiger partial charge in [0, 0.05) is 5.41 Å². The van der Waals surface area contributed by atoms with E-state index in [-0.39, 0.29) is 19.0 Å². The molecule has 88 valence electrons. The van der Waals surface area contributed by atoms with Gasteiger partial charge in [-0.3, -0.25) is 4.79 Å². The molecule has 0 aliphatic rings. The first-order chi connectivity index (χ1) is 7.46. The van der Waals surface area contributed by atoms with E-state index in [4.69, 9.17) is 9.84 Å². The Labute approximate surface area is 96.1 Å². The third-order valence-electron chi connectivity index (χ3n) is 2.16. The minimum atomic E-state index is -0.432. The predicted molar refractivity (Wildman–Crippen MR) is 62.8 cm³/mol. The van der Waals surface area contributed by atoms with Gasteiger partial charge in [-0.15, -0.1) is 0 Å². The van der Waals surface area contributed by atoms with Crippen molar-refractivity contribution in [3.8, 4) is 5.75 Å². The number of hydrogen-bond acceptors (Lipinski definition) is 3. The lowest BCUT2D eigenvalue weighted by molar-refractivity contribution is 0.0852. The van der Waals surface area contributed by atoms with E-state index in [0.29, 0.717) is 11.3 Å². The SMILES string of the molecule is CC(C)(C)C(=O)c1ccccc1OCCO. The largest absolute Gasteiger partial charge is 0.490 e. The number of carbonyl (C=O) groups is 1. The number of benzene rings is 1. The fraction of sp³-hybridized carbons (Fsp3) is 0.462. The van der Waals surface area contributed by atoms with E-state index in [2.05, 4.69) is 0 Å². The van der Waals surface area contributed by atoms with Crippen molar-refractivity contribution in [2.24, 2.45) is 5.41 Å². The lowest BCUT2D eigenvalue weighted by Gasteiger charge is -2.18. The summed E-state index contributed by atoms with van der Waals surface area (Å²) < 4.78 is 5.33. The number of carbonyl (C=O) groups excluding carboxylic acids is 1. The molecule has 1 aromatic rings. The van der Waals surface area contributed by atoms with Crippen molar-refractivity contribution in [3.05, 3.63) is 29.8 Å². The molecule has 0 saturated heterocycles. The second kappa shape index (κ2) is 5.12. The summed E-state index contributed by atoms with van der Waals surface area (Å²) in [6.45, 7) is 5.76. The molecule has 0 radical (unpaired) electrons. The maximum Gasteiger partial charge on any atom is 0.171 e. The number of ketones is 1. The Morgan fingerprint density at radius 2 is 1.94 bits per heavy atom.